The molecule has 0 saturated heterocycles. The number of ether oxygens (including phenoxy) is 1. The van der Waals surface area contributed by atoms with Gasteiger partial charge in [-0.25, -0.2) is 4.98 Å². The Morgan fingerprint density at radius 2 is 2.28 bits per heavy atom. The highest BCUT2D eigenvalue weighted by Gasteiger charge is 2.22. The summed E-state index contributed by atoms with van der Waals surface area (Å²) in [5.74, 6) is 0.317. The predicted molar refractivity (Wildman–Crippen MR) is 65.7 cm³/mol. The maximum atomic E-state index is 12.4. The van der Waals surface area contributed by atoms with Gasteiger partial charge in [0.25, 0.3) is 0 Å². The van der Waals surface area contributed by atoms with Crippen molar-refractivity contribution in [2.45, 2.75) is 19.9 Å². The molecule has 0 spiro atoms. The summed E-state index contributed by atoms with van der Waals surface area (Å²) in [5.41, 5.74) is 0.853. The van der Waals surface area contributed by atoms with E-state index >= 15 is 0 Å². The molecule has 6 nitrogen and oxygen atoms in total. The fraction of sp³-hybridized carbons (Fsp3) is 0.417. The first-order valence-corrected chi connectivity index (χ1v) is 5.79. The molecule has 0 aromatic carbocycles. The molecule has 2 aromatic heterocycles. The maximum absolute atomic E-state index is 12.4. The van der Waals surface area contributed by atoms with Gasteiger partial charge in [0.15, 0.2) is 11.4 Å². The topological polar surface area (TPSA) is 61.9 Å². The summed E-state index contributed by atoms with van der Waals surface area (Å²) in [6, 6.07) is 0. The van der Waals surface area contributed by atoms with E-state index < -0.39 is 0 Å². The molecule has 6 heteroatoms. The van der Waals surface area contributed by atoms with E-state index in [-0.39, 0.29) is 5.78 Å². The number of aromatic nitrogens is 4. The predicted octanol–water partition coefficient (Wildman–Crippen LogP) is 1.27. The third-order valence-electron chi connectivity index (χ3n) is 2.61. The third kappa shape index (κ3) is 2.13. The van der Waals surface area contributed by atoms with Crippen LogP contribution in [0.25, 0.3) is 0 Å². The molecule has 0 radical (unpaired) electrons. The lowest BCUT2D eigenvalue weighted by molar-refractivity contribution is 0.102. The summed E-state index contributed by atoms with van der Waals surface area (Å²) in [6.45, 7) is 2.71. The van der Waals surface area contributed by atoms with Gasteiger partial charge < -0.3 is 9.30 Å². The van der Waals surface area contributed by atoms with Crippen LogP contribution in [0.3, 0.4) is 0 Å². The molecule has 0 saturated carbocycles. The Morgan fingerprint density at radius 1 is 1.50 bits per heavy atom. The van der Waals surface area contributed by atoms with Crippen molar-refractivity contribution < 1.29 is 9.53 Å². The molecule has 0 N–H and O–H groups in total. The minimum absolute atomic E-state index is 0.168. The number of hydrogen-bond acceptors (Lipinski definition) is 4. The van der Waals surface area contributed by atoms with Gasteiger partial charge in [-0.05, 0) is 6.42 Å². The second kappa shape index (κ2) is 5.03. The molecular formula is C12H16N4O2. The van der Waals surface area contributed by atoms with E-state index in [9.17, 15) is 4.79 Å². The minimum Gasteiger partial charge on any atom is -0.493 e. The first kappa shape index (κ1) is 12.3. The zero-order valence-electron chi connectivity index (χ0n) is 10.8. The number of methoxy groups -OCH3 is 1. The third-order valence-corrected chi connectivity index (χ3v) is 2.61. The van der Waals surface area contributed by atoms with E-state index in [0.717, 1.165) is 6.42 Å². The summed E-state index contributed by atoms with van der Waals surface area (Å²) in [5, 5.41) is 4.17. The SMILES string of the molecule is CCCn1ncc(OC)c1C(=O)c1cn(C)cn1. The highest BCUT2D eigenvalue weighted by Crippen LogP contribution is 2.20. The largest absolute Gasteiger partial charge is 0.493 e. The number of hydrogen-bond donors (Lipinski definition) is 0. The summed E-state index contributed by atoms with van der Waals surface area (Å²) in [6.07, 6.45) is 5.74. The molecule has 0 bridgehead atoms. The summed E-state index contributed by atoms with van der Waals surface area (Å²) in [4.78, 5) is 16.4. The van der Waals surface area contributed by atoms with Gasteiger partial charge in [-0.15, -0.1) is 0 Å². The number of rotatable bonds is 5. The lowest BCUT2D eigenvalue weighted by Gasteiger charge is -2.05. The quantitative estimate of drug-likeness (QED) is 0.747. The van der Waals surface area contributed by atoms with Crippen molar-refractivity contribution in [2.75, 3.05) is 7.11 Å². The molecule has 0 aliphatic carbocycles. The second-order valence-electron chi connectivity index (χ2n) is 4.04. The Hall–Kier alpha value is -2.11. The number of imidazole rings is 1. The van der Waals surface area contributed by atoms with Crippen LogP contribution in [0.4, 0.5) is 0 Å². The van der Waals surface area contributed by atoms with E-state index in [0.29, 0.717) is 23.7 Å². The number of carbonyl (C=O) groups is 1. The molecule has 2 aromatic rings. The molecular weight excluding hydrogens is 232 g/mol. The Bertz CT molecular complexity index is 556. The van der Waals surface area contributed by atoms with Gasteiger partial charge >= 0.3 is 0 Å². The molecule has 0 fully saturated rings. The lowest BCUT2D eigenvalue weighted by Crippen LogP contribution is -2.13. The smallest absolute Gasteiger partial charge is 0.234 e. The van der Waals surface area contributed by atoms with Gasteiger partial charge in [0.2, 0.25) is 5.78 Å². The van der Waals surface area contributed by atoms with E-state index in [2.05, 4.69) is 10.1 Å². The first-order chi connectivity index (χ1) is 8.67. The Balaban J connectivity index is 2.42. The van der Waals surface area contributed by atoms with Gasteiger partial charge in [-0.2, -0.15) is 5.10 Å². The van der Waals surface area contributed by atoms with E-state index in [1.54, 1.807) is 28.0 Å². The molecule has 96 valence electrons. The average molecular weight is 248 g/mol. The van der Waals surface area contributed by atoms with Gasteiger partial charge in [-0.3, -0.25) is 9.48 Å². The molecule has 0 unspecified atom stereocenters. The number of aryl methyl sites for hydroxylation is 2. The molecule has 0 atom stereocenters. The number of nitrogens with zero attached hydrogens (tertiary/aromatic N) is 4. The normalized spacial score (nSPS) is 10.6. The molecule has 2 heterocycles. The van der Waals surface area contributed by atoms with Gasteiger partial charge in [-0.1, -0.05) is 6.92 Å². The van der Waals surface area contributed by atoms with E-state index in [1.165, 1.54) is 7.11 Å². The standard InChI is InChI=1S/C12H16N4O2/c1-4-5-16-11(10(18-3)6-14-16)12(17)9-7-15(2)8-13-9/h6-8H,4-5H2,1-3H3. The Labute approximate surface area is 105 Å². The summed E-state index contributed by atoms with van der Waals surface area (Å²) < 4.78 is 8.58. The van der Waals surface area contributed by atoms with Crippen molar-refractivity contribution in [1.82, 2.24) is 19.3 Å². The van der Waals surface area contributed by atoms with Gasteiger partial charge in [0.1, 0.15) is 5.69 Å². The zero-order chi connectivity index (χ0) is 13.1. The molecule has 0 amide bonds. The van der Waals surface area contributed by atoms with Crippen LogP contribution >= 0.6 is 0 Å². The molecule has 0 aliphatic rings. The molecule has 0 aliphatic heterocycles. The fourth-order valence-electron chi connectivity index (χ4n) is 1.78. The van der Waals surface area contributed by atoms with E-state index in [1.807, 2.05) is 14.0 Å². The highest BCUT2D eigenvalue weighted by molar-refractivity contribution is 6.08. The van der Waals surface area contributed by atoms with Crippen molar-refractivity contribution in [3.63, 3.8) is 0 Å². The summed E-state index contributed by atoms with van der Waals surface area (Å²) >= 11 is 0. The van der Waals surface area contributed by atoms with Crippen molar-refractivity contribution in [2.24, 2.45) is 7.05 Å². The van der Waals surface area contributed by atoms with E-state index in [4.69, 9.17) is 4.74 Å². The van der Waals surface area contributed by atoms with Crippen molar-refractivity contribution in [3.05, 3.63) is 30.1 Å². The monoisotopic (exact) mass is 248 g/mol. The van der Waals surface area contributed by atoms with Gasteiger partial charge in [0, 0.05) is 19.8 Å². The molecule has 2 rings (SSSR count). The van der Waals surface area contributed by atoms with Crippen molar-refractivity contribution >= 4 is 5.78 Å². The van der Waals surface area contributed by atoms with Crippen LogP contribution in [0.1, 0.15) is 29.5 Å². The fourth-order valence-corrected chi connectivity index (χ4v) is 1.78. The highest BCUT2D eigenvalue weighted by atomic mass is 16.5. The number of carbonyl (C=O) groups excluding carboxylic acids is 1. The van der Waals surface area contributed by atoms with Crippen molar-refractivity contribution in [3.8, 4) is 5.75 Å². The van der Waals surface area contributed by atoms with Crippen LogP contribution in [0.5, 0.6) is 5.75 Å². The van der Waals surface area contributed by atoms with Crippen LogP contribution in [-0.2, 0) is 13.6 Å². The Morgan fingerprint density at radius 3 is 2.83 bits per heavy atom. The van der Waals surface area contributed by atoms with Crippen LogP contribution in [0.15, 0.2) is 18.7 Å². The zero-order valence-corrected chi connectivity index (χ0v) is 10.8. The van der Waals surface area contributed by atoms with Crippen LogP contribution in [0.2, 0.25) is 0 Å². The van der Waals surface area contributed by atoms with Crippen LogP contribution in [-0.4, -0.2) is 32.2 Å². The van der Waals surface area contributed by atoms with Crippen molar-refractivity contribution in [1.29, 1.82) is 0 Å². The summed E-state index contributed by atoms with van der Waals surface area (Å²) in [7, 11) is 3.35. The second-order valence-corrected chi connectivity index (χ2v) is 4.04. The minimum atomic E-state index is -0.168. The first-order valence-electron chi connectivity index (χ1n) is 5.79. The maximum Gasteiger partial charge on any atom is 0.234 e. The van der Waals surface area contributed by atoms with Gasteiger partial charge in [0.05, 0.1) is 19.6 Å². The van der Waals surface area contributed by atoms with Crippen LogP contribution < -0.4 is 4.74 Å². The molecule has 18 heavy (non-hydrogen) atoms. The average Bonchev–Trinajstić information content (AvgIpc) is 2.95. The Kier molecular flexibility index (Phi) is 3.45. The van der Waals surface area contributed by atoms with Crippen LogP contribution in [0, 0.1) is 0 Å². The number of ketones is 1. The lowest BCUT2D eigenvalue weighted by atomic mass is 10.2.